The van der Waals surface area contributed by atoms with Crippen LogP contribution in [0.1, 0.15) is 38.7 Å². The van der Waals surface area contributed by atoms with E-state index in [-0.39, 0.29) is 57.0 Å². The lowest BCUT2D eigenvalue weighted by Gasteiger charge is -2.42. The van der Waals surface area contributed by atoms with E-state index in [0.717, 1.165) is 34.6 Å². The number of hydrogen-bond acceptors (Lipinski definition) is 5. The highest BCUT2D eigenvalue weighted by molar-refractivity contribution is 7.89. The summed E-state index contributed by atoms with van der Waals surface area (Å²) in [6.45, 7) is 3.75. The summed E-state index contributed by atoms with van der Waals surface area (Å²) in [5.74, 6) is -0.543. The minimum Gasteiger partial charge on any atom is -0.352 e. The second kappa shape index (κ2) is 10.6. The van der Waals surface area contributed by atoms with Gasteiger partial charge < -0.3 is 15.1 Å². The largest absolute Gasteiger partial charge is 0.416 e. The van der Waals surface area contributed by atoms with Gasteiger partial charge in [-0.2, -0.15) is 17.5 Å². The molecule has 4 rings (SSSR count). The fraction of sp³-hybridized carbons (Fsp3) is 0.462. The molecule has 2 aliphatic rings. The number of nitrogens with one attached hydrogen (secondary N) is 1. The van der Waals surface area contributed by atoms with E-state index in [0.29, 0.717) is 6.07 Å². The van der Waals surface area contributed by atoms with Crippen molar-refractivity contribution in [3.8, 4) is 0 Å². The van der Waals surface area contributed by atoms with Crippen molar-refractivity contribution in [1.29, 1.82) is 0 Å². The van der Waals surface area contributed by atoms with Crippen LogP contribution in [-0.2, 0) is 25.8 Å². The zero-order valence-electron chi connectivity index (χ0n) is 21.2. The molecule has 0 saturated carbocycles. The van der Waals surface area contributed by atoms with Crippen LogP contribution in [0, 0.1) is 0 Å². The average Bonchev–Trinajstić information content (AvgIpc) is 3.15. The van der Waals surface area contributed by atoms with Gasteiger partial charge in [0, 0.05) is 24.8 Å². The Kier molecular flexibility index (Phi) is 7.76. The first kappa shape index (κ1) is 27.9. The van der Waals surface area contributed by atoms with Crippen LogP contribution in [0.2, 0.25) is 0 Å². The normalized spacial score (nSPS) is 19.1. The number of piperidine rings is 1. The zero-order chi connectivity index (χ0) is 27.7. The summed E-state index contributed by atoms with van der Waals surface area (Å²) < 4.78 is 67.1. The molecule has 38 heavy (non-hydrogen) atoms. The molecular formula is C26H31F3N4O4S. The van der Waals surface area contributed by atoms with Crippen LogP contribution in [0.25, 0.3) is 0 Å². The van der Waals surface area contributed by atoms with Crippen molar-refractivity contribution in [3.63, 3.8) is 0 Å². The van der Waals surface area contributed by atoms with Crippen molar-refractivity contribution < 1.29 is 31.2 Å². The predicted octanol–water partition coefficient (Wildman–Crippen LogP) is 3.45. The maximum absolute atomic E-state index is 13.7. The highest BCUT2D eigenvalue weighted by Gasteiger charge is 2.55. The van der Waals surface area contributed by atoms with Gasteiger partial charge in [0.2, 0.25) is 21.8 Å². The number of rotatable bonds is 7. The number of carbonyl (C=O) groups excluding carboxylic acids is 2. The third-order valence-electron chi connectivity index (χ3n) is 7.28. The smallest absolute Gasteiger partial charge is 0.352 e. The van der Waals surface area contributed by atoms with E-state index in [4.69, 9.17) is 0 Å². The first-order chi connectivity index (χ1) is 17.9. The van der Waals surface area contributed by atoms with Crippen LogP contribution in [0.5, 0.6) is 0 Å². The lowest BCUT2D eigenvalue weighted by atomic mass is 9.86. The van der Waals surface area contributed by atoms with Gasteiger partial charge in [0.15, 0.2) is 0 Å². The van der Waals surface area contributed by atoms with Crippen molar-refractivity contribution in [2.45, 2.75) is 55.8 Å². The van der Waals surface area contributed by atoms with Crippen LogP contribution in [0.4, 0.5) is 18.9 Å². The number of halogens is 3. The van der Waals surface area contributed by atoms with E-state index in [1.807, 2.05) is 49.1 Å². The molecule has 0 bridgehead atoms. The molecule has 2 heterocycles. The minimum absolute atomic E-state index is 0.0383. The number of alkyl halides is 3. The fourth-order valence-corrected chi connectivity index (χ4v) is 6.48. The lowest BCUT2D eigenvalue weighted by molar-refractivity contribution is -0.138. The van der Waals surface area contributed by atoms with Gasteiger partial charge in [-0.25, -0.2) is 8.42 Å². The molecule has 12 heteroatoms. The van der Waals surface area contributed by atoms with E-state index >= 15 is 0 Å². The lowest BCUT2D eigenvalue weighted by Crippen LogP contribution is -2.57. The highest BCUT2D eigenvalue weighted by Crippen LogP contribution is 2.40. The first-order valence-electron chi connectivity index (χ1n) is 12.5. The Balaban J connectivity index is 1.58. The average molecular weight is 553 g/mol. The van der Waals surface area contributed by atoms with Crippen molar-refractivity contribution in [2.75, 3.05) is 31.2 Å². The number of para-hydroxylation sites is 1. The molecule has 0 aromatic heterocycles. The molecule has 0 radical (unpaired) electrons. The summed E-state index contributed by atoms with van der Waals surface area (Å²) in [4.78, 5) is 29.3. The predicted molar refractivity (Wildman–Crippen MR) is 136 cm³/mol. The number of hydrogen-bond donors (Lipinski definition) is 1. The first-order valence-corrected chi connectivity index (χ1v) is 13.9. The Morgan fingerprint density at radius 3 is 2.34 bits per heavy atom. The fourth-order valence-electron chi connectivity index (χ4n) is 5.00. The SMILES string of the molecule is CCC(C)NC(=O)CN1CN(c2ccccc2)C2(CCN(S(=O)(=O)c3cccc(C(F)(F)F)c3)CC2)C1=O. The zero-order valence-corrected chi connectivity index (χ0v) is 22.1. The molecule has 1 spiro atoms. The number of anilines is 1. The van der Waals surface area contributed by atoms with Gasteiger partial charge in [-0.05, 0) is 56.5 Å². The molecule has 2 amide bonds. The Morgan fingerprint density at radius 2 is 1.74 bits per heavy atom. The molecule has 2 aromatic carbocycles. The number of benzene rings is 2. The van der Waals surface area contributed by atoms with Gasteiger partial charge in [0.1, 0.15) is 12.1 Å². The molecule has 2 saturated heterocycles. The van der Waals surface area contributed by atoms with Gasteiger partial charge in [-0.15, -0.1) is 0 Å². The molecule has 2 fully saturated rings. The monoisotopic (exact) mass is 552 g/mol. The van der Waals surface area contributed by atoms with Gasteiger partial charge in [0.25, 0.3) is 0 Å². The summed E-state index contributed by atoms with van der Waals surface area (Å²) in [5.41, 5.74) is -1.35. The van der Waals surface area contributed by atoms with Crippen molar-refractivity contribution in [3.05, 3.63) is 60.2 Å². The molecule has 1 unspecified atom stereocenters. The second-order valence-corrected chi connectivity index (χ2v) is 11.7. The Bertz CT molecular complexity index is 1280. The quantitative estimate of drug-likeness (QED) is 0.569. The molecule has 2 aromatic rings. The van der Waals surface area contributed by atoms with Gasteiger partial charge in [-0.1, -0.05) is 31.2 Å². The number of carbonyl (C=O) groups is 2. The van der Waals surface area contributed by atoms with E-state index in [2.05, 4.69) is 5.32 Å². The Hall–Kier alpha value is -3.12. The van der Waals surface area contributed by atoms with Gasteiger partial charge in [0.05, 0.1) is 17.1 Å². The summed E-state index contributed by atoms with van der Waals surface area (Å²) in [6.07, 6.45) is -3.67. The molecule has 1 N–H and O–H groups in total. The van der Waals surface area contributed by atoms with Crippen LogP contribution in [0.15, 0.2) is 59.5 Å². The van der Waals surface area contributed by atoms with Gasteiger partial charge in [-0.3, -0.25) is 9.59 Å². The number of amides is 2. The summed E-state index contributed by atoms with van der Waals surface area (Å²) in [5, 5.41) is 2.86. The Morgan fingerprint density at radius 1 is 1.08 bits per heavy atom. The van der Waals surface area contributed by atoms with Crippen LogP contribution >= 0.6 is 0 Å². The molecule has 206 valence electrons. The van der Waals surface area contributed by atoms with Crippen LogP contribution in [0.3, 0.4) is 0 Å². The third kappa shape index (κ3) is 5.37. The number of sulfonamides is 1. The summed E-state index contributed by atoms with van der Waals surface area (Å²) in [7, 11) is -4.21. The molecular weight excluding hydrogens is 521 g/mol. The maximum Gasteiger partial charge on any atom is 0.416 e. The van der Waals surface area contributed by atoms with Gasteiger partial charge >= 0.3 is 6.18 Å². The molecule has 2 aliphatic heterocycles. The minimum atomic E-state index is -4.67. The van der Waals surface area contributed by atoms with Crippen LogP contribution < -0.4 is 10.2 Å². The van der Waals surface area contributed by atoms with E-state index < -0.39 is 32.2 Å². The topological polar surface area (TPSA) is 90.0 Å². The Labute approximate surface area is 220 Å². The third-order valence-corrected chi connectivity index (χ3v) is 9.18. The highest BCUT2D eigenvalue weighted by atomic mass is 32.2. The summed E-state index contributed by atoms with van der Waals surface area (Å²) in [6, 6.07) is 12.8. The number of nitrogens with zero attached hydrogens (tertiary/aromatic N) is 3. The summed E-state index contributed by atoms with van der Waals surface area (Å²) >= 11 is 0. The molecule has 8 nitrogen and oxygen atoms in total. The maximum atomic E-state index is 13.7. The van der Waals surface area contributed by atoms with E-state index in [1.54, 1.807) is 0 Å². The van der Waals surface area contributed by atoms with E-state index in [1.165, 1.54) is 4.90 Å². The van der Waals surface area contributed by atoms with E-state index in [9.17, 15) is 31.2 Å². The van der Waals surface area contributed by atoms with Crippen molar-refractivity contribution in [1.82, 2.24) is 14.5 Å². The van der Waals surface area contributed by atoms with Crippen molar-refractivity contribution in [2.24, 2.45) is 0 Å². The second-order valence-electron chi connectivity index (χ2n) is 9.75. The standard InChI is InChI=1S/C26H31F3N4O4S/c1-3-19(2)30-23(34)17-31-18-33(21-9-5-4-6-10-21)25(24(31)35)12-14-32(15-13-25)38(36,37)22-11-7-8-20(16-22)26(27,28)29/h4-11,16,19H,3,12-15,17-18H2,1-2H3,(H,30,34). The van der Waals surface area contributed by atoms with Crippen LogP contribution in [-0.4, -0.2) is 67.3 Å². The molecule has 0 aliphatic carbocycles. The van der Waals surface area contributed by atoms with Crippen molar-refractivity contribution >= 4 is 27.5 Å². The molecule has 1 atom stereocenters.